The molecule has 24 heavy (non-hydrogen) atoms. The summed E-state index contributed by atoms with van der Waals surface area (Å²) in [5.41, 5.74) is -1.27. The number of sulfonamides is 1. The Hall–Kier alpha value is -2.12. The first-order valence-corrected chi connectivity index (χ1v) is 9.77. The minimum atomic E-state index is -4.48. The molecule has 0 bridgehead atoms. The van der Waals surface area contributed by atoms with Gasteiger partial charge in [0.05, 0.1) is 5.56 Å². The van der Waals surface area contributed by atoms with Crippen molar-refractivity contribution in [3.8, 4) is 0 Å². The van der Waals surface area contributed by atoms with Crippen LogP contribution in [0.25, 0.3) is 0 Å². The number of carbonyl (C=O) groups excluding carboxylic acids is 1. The molecular formula is C11H12N4O6S3. The maximum atomic E-state index is 12.4. The van der Waals surface area contributed by atoms with Crippen molar-refractivity contribution in [3.63, 3.8) is 0 Å². The highest BCUT2D eigenvalue weighted by Crippen LogP contribution is 2.26. The fourth-order valence-corrected chi connectivity index (χ4v) is 4.89. The van der Waals surface area contributed by atoms with Crippen LogP contribution >= 0.6 is 23.1 Å². The van der Waals surface area contributed by atoms with Crippen molar-refractivity contribution in [1.29, 1.82) is 0 Å². The second kappa shape index (κ2) is 6.41. The van der Waals surface area contributed by atoms with Gasteiger partial charge in [-0.3, -0.25) is 4.57 Å². The Morgan fingerprint density at radius 1 is 1.42 bits per heavy atom. The van der Waals surface area contributed by atoms with Crippen molar-refractivity contribution in [1.82, 2.24) is 19.1 Å². The maximum absolute atomic E-state index is 12.4. The van der Waals surface area contributed by atoms with Gasteiger partial charge in [0.2, 0.25) is 0 Å². The average Bonchev–Trinajstić information content (AvgIpc) is 3.01. The van der Waals surface area contributed by atoms with Gasteiger partial charge in [0.15, 0.2) is 5.16 Å². The van der Waals surface area contributed by atoms with Crippen molar-refractivity contribution in [2.75, 3.05) is 6.26 Å². The van der Waals surface area contributed by atoms with Crippen LogP contribution < -0.4 is 10.4 Å². The standard InChI is InChI=1S/C11H12N4O6S3/c1-5-7(6(4-23-5)8(16)17)24(20,21)13-9(18)15-11(19)14(2)10(12-15)22-3/h4H,1-3H3,(H,13,18)(H,16,17). The van der Waals surface area contributed by atoms with Gasteiger partial charge in [0.25, 0.3) is 10.0 Å². The van der Waals surface area contributed by atoms with Crippen LogP contribution in [0.1, 0.15) is 15.2 Å². The Morgan fingerprint density at radius 3 is 2.54 bits per heavy atom. The molecule has 2 N–H and O–H groups in total. The van der Waals surface area contributed by atoms with E-state index in [0.717, 1.165) is 33.0 Å². The lowest BCUT2D eigenvalue weighted by atomic mass is 10.3. The number of carbonyl (C=O) groups is 2. The van der Waals surface area contributed by atoms with Gasteiger partial charge in [-0.2, -0.15) is 0 Å². The molecule has 13 heteroatoms. The van der Waals surface area contributed by atoms with Crippen molar-refractivity contribution in [2.24, 2.45) is 7.05 Å². The number of hydrogen-bond donors (Lipinski definition) is 2. The molecule has 10 nitrogen and oxygen atoms in total. The number of aromatic nitrogens is 3. The van der Waals surface area contributed by atoms with Crippen molar-refractivity contribution in [2.45, 2.75) is 17.0 Å². The second-order valence-corrected chi connectivity index (χ2v) is 7.97. The van der Waals surface area contributed by atoms with Gasteiger partial charge in [0, 0.05) is 17.3 Å². The molecule has 2 heterocycles. The van der Waals surface area contributed by atoms with Crippen molar-refractivity contribution < 1.29 is 23.1 Å². The minimum Gasteiger partial charge on any atom is -0.478 e. The molecule has 1 amide bonds. The van der Waals surface area contributed by atoms with Crippen LogP contribution in [0.15, 0.2) is 20.2 Å². The highest BCUT2D eigenvalue weighted by molar-refractivity contribution is 7.98. The molecule has 0 aliphatic heterocycles. The van der Waals surface area contributed by atoms with Crippen LogP contribution in [0, 0.1) is 6.92 Å². The number of amides is 1. The third-order valence-electron chi connectivity index (χ3n) is 2.95. The zero-order valence-corrected chi connectivity index (χ0v) is 15.1. The van der Waals surface area contributed by atoms with E-state index in [4.69, 9.17) is 5.11 Å². The molecule has 0 saturated heterocycles. The molecule has 0 saturated carbocycles. The quantitative estimate of drug-likeness (QED) is 0.709. The molecule has 130 valence electrons. The fourth-order valence-electron chi connectivity index (χ4n) is 1.86. The van der Waals surface area contributed by atoms with Gasteiger partial charge in [0.1, 0.15) is 4.90 Å². The van der Waals surface area contributed by atoms with E-state index in [1.807, 2.05) is 0 Å². The number of carboxylic acid groups (broad SMARTS) is 1. The summed E-state index contributed by atoms with van der Waals surface area (Å²) in [5, 5.41) is 14.2. The summed E-state index contributed by atoms with van der Waals surface area (Å²) in [7, 11) is -3.10. The Labute approximate surface area is 144 Å². The highest BCUT2D eigenvalue weighted by Gasteiger charge is 2.29. The third-order valence-corrected chi connectivity index (χ3v) is 6.22. The summed E-state index contributed by atoms with van der Waals surface area (Å²) in [4.78, 5) is 34.8. The number of carboxylic acids is 1. The number of thiophene rings is 1. The van der Waals surface area contributed by atoms with E-state index in [-0.39, 0.29) is 10.0 Å². The zero-order chi connectivity index (χ0) is 18.2. The van der Waals surface area contributed by atoms with Crippen LogP contribution in [0.4, 0.5) is 4.79 Å². The minimum absolute atomic E-state index is 0.200. The van der Waals surface area contributed by atoms with Gasteiger partial charge in [-0.15, -0.1) is 21.1 Å². The molecule has 0 aromatic carbocycles. The van der Waals surface area contributed by atoms with Crippen LogP contribution in [0.2, 0.25) is 0 Å². The first-order chi connectivity index (χ1) is 11.1. The van der Waals surface area contributed by atoms with Crippen molar-refractivity contribution in [3.05, 3.63) is 26.3 Å². The number of nitrogens with zero attached hydrogens (tertiary/aromatic N) is 3. The van der Waals surface area contributed by atoms with Gasteiger partial charge < -0.3 is 5.11 Å². The Morgan fingerprint density at radius 2 is 2.04 bits per heavy atom. The molecule has 0 spiro atoms. The molecule has 2 aromatic heterocycles. The molecule has 0 aliphatic carbocycles. The Balaban J connectivity index is 2.44. The van der Waals surface area contributed by atoms with E-state index in [1.165, 1.54) is 14.0 Å². The van der Waals surface area contributed by atoms with Gasteiger partial charge in [-0.1, -0.05) is 11.8 Å². The monoisotopic (exact) mass is 392 g/mol. The van der Waals surface area contributed by atoms with E-state index in [0.29, 0.717) is 4.68 Å². The van der Waals surface area contributed by atoms with Crippen LogP contribution in [0.5, 0.6) is 0 Å². The summed E-state index contributed by atoms with van der Waals surface area (Å²) in [6.07, 6.45) is 1.63. The summed E-state index contributed by atoms with van der Waals surface area (Å²) in [5.74, 6) is -1.44. The molecular weight excluding hydrogens is 380 g/mol. The van der Waals surface area contributed by atoms with Crippen molar-refractivity contribution >= 4 is 45.1 Å². The van der Waals surface area contributed by atoms with Gasteiger partial charge in [-0.05, 0) is 13.2 Å². The maximum Gasteiger partial charge on any atom is 0.360 e. The number of hydrogen-bond acceptors (Lipinski definition) is 8. The molecule has 0 aliphatic rings. The number of rotatable bonds is 4. The van der Waals surface area contributed by atoms with Crippen LogP contribution in [-0.2, 0) is 17.1 Å². The largest absolute Gasteiger partial charge is 0.478 e. The van der Waals surface area contributed by atoms with E-state index >= 15 is 0 Å². The first-order valence-electron chi connectivity index (χ1n) is 6.18. The molecule has 0 fully saturated rings. The summed E-state index contributed by atoms with van der Waals surface area (Å²) < 4.78 is 27.8. The SMILES string of the molecule is CSc1nn(C(=O)NS(=O)(=O)c2c(C(=O)O)csc2C)c(=O)n1C. The number of nitrogens with one attached hydrogen (secondary N) is 1. The molecule has 2 rings (SSSR count). The lowest BCUT2D eigenvalue weighted by molar-refractivity contribution is 0.0693. The smallest absolute Gasteiger partial charge is 0.360 e. The summed E-state index contributed by atoms with van der Waals surface area (Å²) in [6, 6.07) is -1.29. The molecule has 0 atom stereocenters. The molecule has 0 unspecified atom stereocenters. The Kier molecular flexibility index (Phi) is 4.87. The number of aryl methyl sites for hydroxylation is 1. The highest BCUT2D eigenvalue weighted by atomic mass is 32.2. The lowest BCUT2D eigenvalue weighted by Gasteiger charge is -2.06. The van der Waals surface area contributed by atoms with Gasteiger partial charge >= 0.3 is 17.7 Å². The topological polar surface area (TPSA) is 140 Å². The van der Waals surface area contributed by atoms with E-state index in [9.17, 15) is 22.8 Å². The first kappa shape index (κ1) is 18.2. The molecule has 2 aromatic rings. The number of aromatic carboxylic acids is 1. The van der Waals surface area contributed by atoms with Gasteiger partial charge in [-0.25, -0.2) is 27.5 Å². The van der Waals surface area contributed by atoms with E-state index in [2.05, 4.69) is 5.10 Å². The van der Waals surface area contributed by atoms with Crippen LogP contribution in [0.3, 0.4) is 0 Å². The number of thioether (sulfide) groups is 1. The summed E-state index contributed by atoms with van der Waals surface area (Å²) in [6.45, 7) is 1.41. The normalized spacial score (nSPS) is 11.5. The fraction of sp³-hybridized carbons (Fsp3) is 0.273. The van der Waals surface area contributed by atoms with E-state index < -0.39 is 38.2 Å². The zero-order valence-electron chi connectivity index (χ0n) is 12.6. The third kappa shape index (κ3) is 3.09. The predicted molar refractivity (Wildman–Crippen MR) is 86.4 cm³/mol. The van der Waals surface area contributed by atoms with E-state index in [1.54, 1.807) is 11.0 Å². The van der Waals surface area contributed by atoms with Crippen LogP contribution in [-0.4, -0.2) is 46.1 Å². The summed E-state index contributed by atoms with van der Waals surface area (Å²) >= 11 is 2.02. The second-order valence-electron chi connectivity index (χ2n) is 4.49. The Bertz CT molecular complexity index is 984. The molecule has 0 radical (unpaired) electrons. The lowest BCUT2D eigenvalue weighted by Crippen LogP contribution is -2.40. The predicted octanol–water partition coefficient (Wildman–Crippen LogP) is 0.318. The average molecular weight is 392 g/mol.